The maximum absolute atomic E-state index is 5.39. The molecule has 2 aliphatic heterocycles. The quantitative estimate of drug-likeness (QED) is 0.797. The molecule has 0 bridgehead atoms. The second kappa shape index (κ2) is 4.96. The van der Waals surface area contributed by atoms with Gasteiger partial charge >= 0.3 is 0 Å². The van der Waals surface area contributed by atoms with Crippen molar-refractivity contribution in [3.8, 4) is 11.5 Å². The van der Waals surface area contributed by atoms with E-state index in [0.717, 1.165) is 17.9 Å². The Morgan fingerprint density at radius 1 is 1.06 bits per heavy atom. The fourth-order valence-electron chi connectivity index (χ4n) is 2.61. The summed E-state index contributed by atoms with van der Waals surface area (Å²) in [6.07, 6.45) is 5.13. The second-order valence-electron chi connectivity index (χ2n) is 4.84. The minimum absolute atomic E-state index is 0.368. The van der Waals surface area contributed by atoms with Crippen LogP contribution in [0, 0.1) is 0 Å². The lowest BCUT2D eigenvalue weighted by atomic mass is 10.1. The molecule has 0 aliphatic carbocycles. The zero-order valence-electron chi connectivity index (χ0n) is 10.2. The maximum atomic E-state index is 5.39. The van der Waals surface area contributed by atoms with E-state index in [-0.39, 0.29) is 0 Å². The van der Waals surface area contributed by atoms with Crippen LogP contribution in [0.5, 0.6) is 11.5 Å². The molecular formula is C14H19NO2. The highest BCUT2D eigenvalue weighted by molar-refractivity contribution is 5.44. The largest absolute Gasteiger partial charge is 0.454 e. The Balaban J connectivity index is 1.51. The summed E-state index contributed by atoms with van der Waals surface area (Å²) in [6, 6.07) is 6.29. The monoisotopic (exact) mass is 233 g/mol. The molecule has 0 N–H and O–H groups in total. The van der Waals surface area contributed by atoms with E-state index in [4.69, 9.17) is 9.47 Å². The van der Waals surface area contributed by atoms with E-state index in [1.807, 2.05) is 6.07 Å². The van der Waals surface area contributed by atoms with Gasteiger partial charge < -0.3 is 14.4 Å². The zero-order chi connectivity index (χ0) is 11.5. The number of fused-ring (bicyclic) bond motifs is 1. The van der Waals surface area contributed by atoms with Gasteiger partial charge in [-0.15, -0.1) is 0 Å². The van der Waals surface area contributed by atoms with Gasteiger partial charge in [0.25, 0.3) is 0 Å². The number of nitrogens with zero attached hydrogens (tertiary/aromatic N) is 1. The van der Waals surface area contributed by atoms with E-state index in [1.54, 1.807) is 0 Å². The number of hydrogen-bond acceptors (Lipinski definition) is 3. The summed E-state index contributed by atoms with van der Waals surface area (Å²) in [4.78, 5) is 2.56. The first kappa shape index (κ1) is 10.9. The van der Waals surface area contributed by atoms with Crippen molar-refractivity contribution in [3.05, 3.63) is 23.8 Å². The average molecular weight is 233 g/mol. The molecule has 0 atom stereocenters. The Kier molecular flexibility index (Phi) is 3.18. The second-order valence-corrected chi connectivity index (χ2v) is 4.84. The van der Waals surface area contributed by atoms with Crippen LogP contribution in [0.25, 0.3) is 0 Å². The Hall–Kier alpha value is -1.22. The molecule has 0 unspecified atom stereocenters. The molecule has 0 radical (unpaired) electrons. The Morgan fingerprint density at radius 2 is 1.88 bits per heavy atom. The summed E-state index contributed by atoms with van der Waals surface area (Å²) in [5, 5.41) is 0. The van der Waals surface area contributed by atoms with E-state index in [0.29, 0.717) is 6.79 Å². The molecule has 3 nitrogen and oxygen atoms in total. The number of rotatable bonds is 4. The van der Waals surface area contributed by atoms with Gasteiger partial charge in [0.2, 0.25) is 6.79 Å². The molecule has 0 spiro atoms. The van der Waals surface area contributed by atoms with Crippen LogP contribution in [0.15, 0.2) is 18.2 Å². The molecule has 92 valence electrons. The van der Waals surface area contributed by atoms with Crippen LogP contribution in [0.3, 0.4) is 0 Å². The maximum Gasteiger partial charge on any atom is 0.231 e. The summed E-state index contributed by atoms with van der Waals surface area (Å²) in [5.74, 6) is 1.79. The highest BCUT2D eigenvalue weighted by Crippen LogP contribution is 2.32. The fourth-order valence-corrected chi connectivity index (χ4v) is 2.61. The van der Waals surface area contributed by atoms with Crippen molar-refractivity contribution in [2.75, 3.05) is 26.4 Å². The van der Waals surface area contributed by atoms with Crippen molar-refractivity contribution in [3.63, 3.8) is 0 Å². The van der Waals surface area contributed by atoms with Crippen molar-refractivity contribution in [2.45, 2.75) is 25.7 Å². The third-order valence-corrected chi connectivity index (χ3v) is 3.58. The molecule has 0 saturated carbocycles. The van der Waals surface area contributed by atoms with Gasteiger partial charge in [-0.05, 0) is 63.0 Å². The van der Waals surface area contributed by atoms with Gasteiger partial charge in [-0.3, -0.25) is 0 Å². The molecule has 17 heavy (non-hydrogen) atoms. The summed E-state index contributed by atoms with van der Waals surface area (Å²) in [6.45, 7) is 4.18. The molecular weight excluding hydrogens is 214 g/mol. The molecule has 1 aromatic rings. The fraction of sp³-hybridized carbons (Fsp3) is 0.571. The SMILES string of the molecule is c1cc2c(cc1CCCN1CCCC1)OCO2. The summed E-state index contributed by atoms with van der Waals surface area (Å²) < 4.78 is 10.7. The molecule has 1 aromatic carbocycles. The molecule has 1 saturated heterocycles. The predicted octanol–water partition coefficient (Wildman–Crippen LogP) is 2.44. The predicted molar refractivity (Wildman–Crippen MR) is 66.6 cm³/mol. The number of benzene rings is 1. The van der Waals surface area contributed by atoms with Crippen LogP contribution in [-0.4, -0.2) is 31.3 Å². The molecule has 2 aliphatic rings. The number of hydrogen-bond donors (Lipinski definition) is 0. The zero-order valence-corrected chi connectivity index (χ0v) is 10.2. The number of aryl methyl sites for hydroxylation is 1. The highest BCUT2D eigenvalue weighted by atomic mass is 16.7. The lowest BCUT2D eigenvalue weighted by Gasteiger charge is -2.13. The normalized spacial score (nSPS) is 18.8. The highest BCUT2D eigenvalue weighted by Gasteiger charge is 2.14. The van der Waals surface area contributed by atoms with E-state index in [1.165, 1.54) is 44.5 Å². The topological polar surface area (TPSA) is 21.7 Å². The van der Waals surface area contributed by atoms with Crippen molar-refractivity contribution in [2.24, 2.45) is 0 Å². The first-order chi connectivity index (χ1) is 8.42. The molecule has 3 heteroatoms. The van der Waals surface area contributed by atoms with Crippen molar-refractivity contribution >= 4 is 0 Å². The van der Waals surface area contributed by atoms with Crippen LogP contribution in [-0.2, 0) is 6.42 Å². The number of likely N-dealkylation sites (tertiary alicyclic amines) is 1. The third kappa shape index (κ3) is 2.55. The van der Waals surface area contributed by atoms with Crippen LogP contribution in [0.4, 0.5) is 0 Å². The lowest BCUT2D eigenvalue weighted by molar-refractivity contribution is 0.174. The molecule has 0 aromatic heterocycles. The van der Waals surface area contributed by atoms with E-state index in [9.17, 15) is 0 Å². The average Bonchev–Trinajstić information content (AvgIpc) is 2.98. The Bertz CT molecular complexity index is 386. The van der Waals surface area contributed by atoms with Gasteiger partial charge in [0, 0.05) is 0 Å². The van der Waals surface area contributed by atoms with Crippen LogP contribution in [0.1, 0.15) is 24.8 Å². The van der Waals surface area contributed by atoms with Gasteiger partial charge in [-0.25, -0.2) is 0 Å². The van der Waals surface area contributed by atoms with Gasteiger partial charge in [0.15, 0.2) is 11.5 Å². The number of ether oxygens (including phenoxy) is 2. The van der Waals surface area contributed by atoms with Crippen LogP contribution in [0.2, 0.25) is 0 Å². The Labute approximate surface area is 102 Å². The van der Waals surface area contributed by atoms with Gasteiger partial charge in [0.1, 0.15) is 0 Å². The summed E-state index contributed by atoms with van der Waals surface area (Å²) in [5.41, 5.74) is 1.36. The van der Waals surface area contributed by atoms with Crippen molar-refractivity contribution in [1.82, 2.24) is 4.90 Å². The molecule has 2 heterocycles. The molecule has 1 fully saturated rings. The minimum Gasteiger partial charge on any atom is -0.454 e. The molecule has 0 amide bonds. The third-order valence-electron chi connectivity index (χ3n) is 3.58. The summed E-state index contributed by atoms with van der Waals surface area (Å²) >= 11 is 0. The smallest absolute Gasteiger partial charge is 0.231 e. The minimum atomic E-state index is 0.368. The van der Waals surface area contributed by atoms with E-state index in [2.05, 4.69) is 17.0 Å². The first-order valence-corrected chi connectivity index (χ1v) is 6.53. The van der Waals surface area contributed by atoms with Crippen LogP contribution >= 0.6 is 0 Å². The first-order valence-electron chi connectivity index (χ1n) is 6.53. The Morgan fingerprint density at radius 3 is 2.76 bits per heavy atom. The van der Waals surface area contributed by atoms with Gasteiger partial charge in [0.05, 0.1) is 0 Å². The summed E-state index contributed by atoms with van der Waals surface area (Å²) in [7, 11) is 0. The van der Waals surface area contributed by atoms with E-state index < -0.39 is 0 Å². The van der Waals surface area contributed by atoms with Gasteiger partial charge in [-0.2, -0.15) is 0 Å². The van der Waals surface area contributed by atoms with Crippen molar-refractivity contribution < 1.29 is 9.47 Å². The van der Waals surface area contributed by atoms with Crippen LogP contribution < -0.4 is 9.47 Å². The lowest BCUT2D eigenvalue weighted by Crippen LogP contribution is -2.20. The van der Waals surface area contributed by atoms with Gasteiger partial charge in [-0.1, -0.05) is 6.07 Å². The van der Waals surface area contributed by atoms with E-state index >= 15 is 0 Å². The standard InChI is InChI=1S/C14H19NO2/c1-2-8-15(7-1)9-3-4-12-5-6-13-14(10-12)17-11-16-13/h5-6,10H,1-4,7-9,11H2. The molecule has 3 rings (SSSR count). The van der Waals surface area contributed by atoms with Crippen molar-refractivity contribution in [1.29, 1.82) is 0 Å².